The van der Waals surface area contributed by atoms with Crippen molar-refractivity contribution in [2.24, 2.45) is 22.4 Å². The summed E-state index contributed by atoms with van der Waals surface area (Å²) < 4.78 is 0. The van der Waals surface area contributed by atoms with Crippen LogP contribution in [0.5, 0.6) is 0 Å². The molecule has 1 N–H and O–H groups in total. The van der Waals surface area contributed by atoms with E-state index in [1.807, 2.05) is 33.8 Å². The molecule has 0 aliphatic heterocycles. The minimum Gasteiger partial charge on any atom is -0.481 e. The average Bonchev–Trinajstić information content (AvgIpc) is 2.75. The summed E-state index contributed by atoms with van der Waals surface area (Å²) in [5.74, 6) is -0.900. The lowest BCUT2D eigenvalue weighted by atomic mass is 10.1. The van der Waals surface area contributed by atoms with Crippen LogP contribution in [0.15, 0.2) is 16.8 Å². The first-order valence-electron chi connectivity index (χ1n) is 5.97. The zero-order chi connectivity index (χ0) is 13.1. The van der Waals surface area contributed by atoms with E-state index < -0.39 is 5.97 Å². The molecule has 0 saturated heterocycles. The second-order valence-electron chi connectivity index (χ2n) is 5.14. The fourth-order valence-corrected chi connectivity index (χ4v) is 2.05. The summed E-state index contributed by atoms with van der Waals surface area (Å²) in [6.45, 7) is 8.49. The normalized spacial score (nSPS) is 27.2. The Morgan fingerprint density at radius 2 is 2.18 bits per heavy atom. The highest BCUT2D eigenvalue weighted by atomic mass is 16.6. The van der Waals surface area contributed by atoms with Gasteiger partial charge in [0.05, 0.1) is 12.1 Å². The second kappa shape index (κ2) is 5.34. The van der Waals surface area contributed by atoms with Gasteiger partial charge in [-0.1, -0.05) is 32.0 Å². The molecule has 1 aliphatic rings. The highest BCUT2D eigenvalue weighted by molar-refractivity contribution is 5.80. The fraction of sp³-hybridized carbons (Fsp3) is 0.692. The van der Waals surface area contributed by atoms with Crippen molar-refractivity contribution in [3.63, 3.8) is 0 Å². The van der Waals surface area contributed by atoms with Gasteiger partial charge in [0.1, 0.15) is 6.61 Å². The molecule has 0 aromatic rings. The first-order valence-corrected chi connectivity index (χ1v) is 5.97. The summed E-state index contributed by atoms with van der Waals surface area (Å²) in [7, 11) is 0. The van der Waals surface area contributed by atoms with Crippen molar-refractivity contribution in [2.75, 3.05) is 6.61 Å². The molecule has 4 heteroatoms. The molecule has 0 unspecified atom stereocenters. The van der Waals surface area contributed by atoms with Crippen LogP contribution in [0.2, 0.25) is 0 Å². The Morgan fingerprint density at radius 3 is 2.65 bits per heavy atom. The first kappa shape index (κ1) is 13.7. The Balaban J connectivity index is 2.53. The van der Waals surface area contributed by atoms with Crippen molar-refractivity contribution in [3.8, 4) is 0 Å². The van der Waals surface area contributed by atoms with Gasteiger partial charge in [-0.3, -0.25) is 4.79 Å². The van der Waals surface area contributed by atoms with Crippen molar-refractivity contribution in [2.45, 2.75) is 34.1 Å². The molecule has 0 aromatic heterocycles. The number of hydrogen-bond donors (Lipinski definition) is 1. The lowest BCUT2D eigenvalue weighted by molar-refractivity contribution is -0.139. The molecular weight excluding hydrogens is 218 g/mol. The molecule has 1 saturated carbocycles. The molecule has 2 atom stereocenters. The van der Waals surface area contributed by atoms with E-state index in [2.05, 4.69) is 5.16 Å². The van der Waals surface area contributed by atoms with Gasteiger partial charge >= 0.3 is 5.97 Å². The van der Waals surface area contributed by atoms with Crippen LogP contribution in [0.3, 0.4) is 0 Å². The van der Waals surface area contributed by atoms with Gasteiger partial charge in [0.15, 0.2) is 0 Å². The summed E-state index contributed by atoms with van der Waals surface area (Å²) in [5.41, 5.74) is 0.800. The number of allylic oxidation sites excluding steroid dienone is 2. The molecule has 0 heterocycles. The number of carboxylic acid groups (broad SMARTS) is 1. The second-order valence-corrected chi connectivity index (χ2v) is 5.14. The monoisotopic (exact) mass is 239 g/mol. The summed E-state index contributed by atoms with van der Waals surface area (Å²) in [6, 6.07) is 0. The van der Waals surface area contributed by atoms with Crippen LogP contribution in [0.4, 0.5) is 0 Å². The predicted molar refractivity (Wildman–Crippen MR) is 66.9 cm³/mol. The summed E-state index contributed by atoms with van der Waals surface area (Å²) in [6.07, 6.45) is 4.54. The van der Waals surface area contributed by atoms with Gasteiger partial charge in [0, 0.05) is 0 Å². The first-order chi connectivity index (χ1) is 7.91. The smallest absolute Gasteiger partial charge is 0.307 e. The Hall–Kier alpha value is -1.32. The highest BCUT2D eigenvalue weighted by Crippen LogP contribution is 2.59. The van der Waals surface area contributed by atoms with Crippen molar-refractivity contribution in [1.29, 1.82) is 0 Å². The third kappa shape index (κ3) is 3.32. The maximum Gasteiger partial charge on any atom is 0.307 e. The van der Waals surface area contributed by atoms with Crippen LogP contribution in [0.1, 0.15) is 34.1 Å². The fourth-order valence-electron chi connectivity index (χ4n) is 2.05. The van der Waals surface area contributed by atoms with Gasteiger partial charge in [0.2, 0.25) is 0 Å². The van der Waals surface area contributed by atoms with Crippen molar-refractivity contribution in [3.05, 3.63) is 11.6 Å². The van der Waals surface area contributed by atoms with Gasteiger partial charge < -0.3 is 9.94 Å². The van der Waals surface area contributed by atoms with Gasteiger partial charge in [0.25, 0.3) is 0 Å². The summed E-state index contributed by atoms with van der Waals surface area (Å²) in [4.78, 5) is 16.0. The highest BCUT2D eigenvalue weighted by Gasteiger charge is 2.60. The molecule has 96 valence electrons. The number of oxime groups is 1. The average molecular weight is 239 g/mol. The Labute approximate surface area is 102 Å². The topological polar surface area (TPSA) is 58.9 Å². The van der Waals surface area contributed by atoms with Gasteiger partial charge in [-0.25, -0.2) is 0 Å². The molecule has 0 radical (unpaired) electrons. The molecular formula is C13H21NO3. The van der Waals surface area contributed by atoms with Gasteiger partial charge in [-0.05, 0) is 30.3 Å². The molecule has 1 aliphatic carbocycles. The lowest BCUT2D eigenvalue weighted by Gasteiger charge is -1.98. The molecule has 1 fully saturated rings. The van der Waals surface area contributed by atoms with E-state index >= 15 is 0 Å². The quantitative estimate of drug-likeness (QED) is 0.440. The molecule has 0 amide bonds. The molecule has 1 rings (SSSR count). The van der Waals surface area contributed by atoms with Crippen LogP contribution in [-0.2, 0) is 9.63 Å². The Bertz CT molecular complexity index is 345. The van der Waals surface area contributed by atoms with E-state index in [0.717, 1.165) is 12.0 Å². The van der Waals surface area contributed by atoms with E-state index in [-0.39, 0.29) is 17.3 Å². The van der Waals surface area contributed by atoms with Crippen molar-refractivity contribution in [1.82, 2.24) is 0 Å². The van der Waals surface area contributed by atoms with Crippen LogP contribution < -0.4 is 0 Å². The Kier molecular flexibility index (Phi) is 4.32. The van der Waals surface area contributed by atoms with Crippen LogP contribution in [0.25, 0.3) is 0 Å². The minimum absolute atomic E-state index is 0.0950. The lowest BCUT2D eigenvalue weighted by Crippen LogP contribution is -2.03. The third-order valence-electron chi connectivity index (χ3n) is 3.25. The maximum atomic E-state index is 11.0. The standard InChI is InChI=1S/C13H21NO3/c1-5-6-17-14-8-9(2)7-10-11(12(15)16)13(10,3)4/h7-8,10-11H,5-6H2,1-4H3,(H,15,16)/b9-7?,14-8+/t10-,11+/m1/s1. The number of carbonyl (C=O) groups is 1. The number of nitrogens with zero attached hydrogens (tertiary/aromatic N) is 1. The summed E-state index contributed by atoms with van der Waals surface area (Å²) in [5, 5.41) is 12.8. The molecule has 17 heavy (non-hydrogen) atoms. The van der Waals surface area contributed by atoms with Crippen molar-refractivity contribution < 1.29 is 14.7 Å². The predicted octanol–water partition coefficient (Wildman–Crippen LogP) is 2.70. The molecule has 0 bridgehead atoms. The van der Waals surface area contributed by atoms with Crippen LogP contribution in [0, 0.1) is 17.3 Å². The van der Waals surface area contributed by atoms with E-state index in [1.54, 1.807) is 6.21 Å². The van der Waals surface area contributed by atoms with Crippen LogP contribution >= 0.6 is 0 Å². The number of hydrogen-bond acceptors (Lipinski definition) is 3. The molecule has 0 spiro atoms. The molecule has 4 nitrogen and oxygen atoms in total. The number of carboxylic acids is 1. The largest absolute Gasteiger partial charge is 0.481 e. The van der Waals surface area contributed by atoms with E-state index in [0.29, 0.717) is 6.61 Å². The number of aliphatic carboxylic acids is 1. The maximum absolute atomic E-state index is 11.0. The van der Waals surface area contributed by atoms with E-state index in [4.69, 9.17) is 9.94 Å². The van der Waals surface area contributed by atoms with Crippen molar-refractivity contribution >= 4 is 12.2 Å². The molecule has 0 aromatic carbocycles. The third-order valence-corrected chi connectivity index (χ3v) is 3.25. The Morgan fingerprint density at radius 1 is 1.53 bits per heavy atom. The van der Waals surface area contributed by atoms with E-state index in [1.165, 1.54) is 0 Å². The summed E-state index contributed by atoms with van der Waals surface area (Å²) >= 11 is 0. The van der Waals surface area contributed by atoms with Gasteiger partial charge in [-0.2, -0.15) is 0 Å². The minimum atomic E-state index is -0.719. The zero-order valence-corrected chi connectivity index (χ0v) is 10.9. The number of rotatable bonds is 6. The van der Waals surface area contributed by atoms with Gasteiger partial charge in [-0.15, -0.1) is 0 Å². The van der Waals surface area contributed by atoms with Crippen LogP contribution in [-0.4, -0.2) is 23.9 Å². The van der Waals surface area contributed by atoms with E-state index in [9.17, 15) is 4.79 Å². The zero-order valence-electron chi connectivity index (χ0n) is 10.9. The SMILES string of the molecule is CCCO/N=C/C(C)=C[C@@H]1[C@@H](C(=O)O)C1(C)C.